The van der Waals surface area contributed by atoms with Crippen molar-refractivity contribution in [3.63, 3.8) is 0 Å². The molecule has 0 fully saturated rings. The largest absolute Gasteiger partial charge is 0.323 e. The highest BCUT2D eigenvalue weighted by molar-refractivity contribution is 5.90. The predicted octanol–water partition coefficient (Wildman–Crippen LogP) is 6.46. The first-order valence-electron chi connectivity index (χ1n) is 10.9. The normalized spacial score (nSPS) is 14.9. The number of benzene rings is 3. The number of aryl methyl sites for hydroxylation is 1. The van der Waals surface area contributed by atoms with Gasteiger partial charge in [0.05, 0.1) is 24.0 Å². The molecule has 0 saturated carbocycles. The van der Waals surface area contributed by atoms with Crippen LogP contribution in [0.5, 0.6) is 0 Å². The van der Waals surface area contributed by atoms with E-state index >= 15 is 0 Å². The van der Waals surface area contributed by atoms with Gasteiger partial charge in [-0.05, 0) is 53.4 Å². The Labute approximate surface area is 191 Å². The molecule has 1 atom stereocenters. The average molecular weight is 443 g/mol. The molecule has 2 amide bonds. The van der Waals surface area contributed by atoms with Gasteiger partial charge >= 0.3 is 6.03 Å². The molecular weight excluding hydrogens is 420 g/mol. The summed E-state index contributed by atoms with van der Waals surface area (Å²) >= 11 is 0. The summed E-state index contributed by atoms with van der Waals surface area (Å²) in [6.45, 7) is 2.40. The van der Waals surface area contributed by atoms with Crippen LogP contribution in [0.1, 0.15) is 35.3 Å². The van der Waals surface area contributed by atoms with Crippen molar-refractivity contribution in [2.75, 3.05) is 5.32 Å². The number of amides is 2. The molecular formula is C27H23F2N3O. The summed E-state index contributed by atoms with van der Waals surface area (Å²) in [5.41, 5.74) is 4.81. The zero-order valence-electron chi connectivity index (χ0n) is 18.1. The van der Waals surface area contributed by atoms with Crippen molar-refractivity contribution in [2.24, 2.45) is 0 Å². The van der Waals surface area contributed by atoms with Crippen LogP contribution < -0.4 is 5.32 Å². The van der Waals surface area contributed by atoms with Crippen LogP contribution in [0.2, 0.25) is 0 Å². The van der Waals surface area contributed by atoms with Gasteiger partial charge in [0.25, 0.3) is 0 Å². The Morgan fingerprint density at radius 2 is 1.79 bits per heavy atom. The highest BCUT2D eigenvalue weighted by Gasteiger charge is 2.33. The van der Waals surface area contributed by atoms with Gasteiger partial charge < -0.3 is 14.8 Å². The van der Waals surface area contributed by atoms with Gasteiger partial charge in [0.1, 0.15) is 11.6 Å². The number of halogens is 2. The van der Waals surface area contributed by atoms with Crippen molar-refractivity contribution >= 4 is 11.7 Å². The van der Waals surface area contributed by atoms with E-state index in [1.54, 1.807) is 4.90 Å². The lowest BCUT2D eigenvalue weighted by atomic mass is 10.00. The third kappa shape index (κ3) is 3.89. The van der Waals surface area contributed by atoms with Gasteiger partial charge in [-0.3, -0.25) is 0 Å². The van der Waals surface area contributed by atoms with Gasteiger partial charge in [0, 0.05) is 18.0 Å². The second-order valence-corrected chi connectivity index (χ2v) is 8.11. The molecule has 0 bridgehead atoms. The molecule has 4 nitrogen and oxygen atoms in total. The fraction of sp³-hybridized carbons (Fsp3) is 0.148. The van der Waals surface area contributed by atoms with Crippen molar-refractivity contribution < 1.29 is 13.6 Å². The lowest BCUT2D eigenvalue weighted by Crippen LogP contribution is -2.38. The zero-order chi connectivity index (χ0) is 22.9. The first kappa shape index (κ1) is 20.9. The van der Waals surface area contributed by atoms with E-state index in [-0.39, 0.29) is 5.69 Å². The Morgan fingerprint density at radius 1 is 1.00 bits per heavy atom. The number of hydrogen-bond acceptors (Lipinski definition) is 1. The number of aromatic nitrogens is 1. The summed E-state index contributed by atoms with van der Waals surface area (Å²) in [5.74, 6) is -1.30. The average Bonchev–Trinajstić information content (AvgIpc) is 3.26. The summed E-state index contributed by atoms with van der Waals surface area (Å²) in [6, 6.07) is 22.1. The second kappa shape index (κ2) is 8.54. The molecule has 1 aromatic heterocycles. The van der Waals surface area contributed by atoms with Crippen LogP contribution in [0.25, 0.3) is 5.69 Å². The highest BCUT2D eigenvalue weighted by atomic mass is 19.1. The molecule has 0 radical (unpaired) electrons. The van der Waals surface area contributed by atoms with Gasteiger partial charge in [-0.1, -0.05) is 49.4 Å². The maximum absolute atomic E-state index is 14.3. The molecule has 5 rings (SSSR count). The molecule has 0 unspecified atom stereocenters. The van der Waals surface area contributed by atoms with Crippen LogP contribution in [0.15, 0.2) is 85.1 Å². The van der Waals surface area contributed by atoms with E-state index in [1.165, 1.54) is 5.56 Å². The number of nitrogens with one attached hydrogen (secondary N) is 1. The third-order valence-corrected chi connectivity index (χ3v) is 6.10. The number of nitrogens with zero attached hydrogens (tertiary/aromatic N) is 2. The molecule has 33 heavy (non-hydrogen) atoms. The number of rotatable bonds is 3. The van der Waals surface area contributed by atoms with E-state index in [0.717, 1.165) is 47.1 Å². The summed E-state index contributed by atoms with van der Waals surface area (Å²) in [7, 11) is 0. The lowest BCUT2D eigenvalue weighted by molar-refractivity contribution is 0.194. The summed E-state index contributed by atoms with van der Waals surface area (Å²) < 4.78 is 30.1. The predicted molar refractivity (Wildman–Crippen MR) is 124 cm³/mol. The Balaban J connectivity index is 1.63. The molecule has 166 valence electrons. The molecule has 0 aliphatic carbocycles. The minimum Gasteiger partial charge on any atom is -0.318 e. The Kier molecular flexibility index (Phi) is 5.42. The van der Waals surface area contributed by atoms with Gasteiger partial charge in [0.15, 0.2) is 0 Å². The molecule has 1 aliphatic rings. The van der Waals surface area contributed by atoms with E-state index < -0.39 is 23.7 Å². The molecule has 1 aliphatic heterocycles. The maximum atomic E-state index is 14.3. The third-order valence-electron chi connectivity index (χ3n) is 6.10. The number of anilines is 1. The number of carbonyl (C=O) groups is 1. The van der Waals surface area contributed by atoms with Crippen LogP contribution in [-0.4, -0.2) is 15.5 Å². The monoisotopic (exact) mass is 443 g/mol. The topological polar surface area (TPSA) is 37.3 Å². The lowest BCUT2D eigenvalue weighted by Gasteiger charge is -2.31. The quantitative estimate of drug-likeness (QED) is 0.388. The Bertz CT molecular complexity index is 1310. The van der Waals surface area contributed by atoms with Gasteiger partial charge in [-0.25, -0.2) is 13.6 Å². The highest BCUT2D eigenvalue weighted by Crippen LogP contribution is 2.37. The van der Waals surface area contributed by atoms with Gasteiger partial charge in [-0.2, -0.15) is 0 Å². The van der Waals surface area contributed by atoms with Crippen molar-refractivity contribution in [1.29, 1.82) is 0 Å². The minimum atomic E-state index is -0.688. The van der Waals surface area contributed by atoms with Crippen LogP contribution in [0, 0.1) is 11.6 Å². The number of carbonyl (C=O) groups excluding carboxylic acids is 1. The number of para-hydroxylation sites is 1. The first-order valence-corrected chi connectivity index (χ1v) is 10.9. The number of fused-ring (bicyclic) bond motifs is 3. The van der Waals surface area contributed by atoms with Crippen molar-refractivity contribution in [3.05, 3.63) is 119 Å². The maximum Gasteiger partial charge on any atom is 0.323 e. The number of urea groups is 1. The number of hydrogen-bond donors (Lipinski definition) is 1. The van der Waals surface area contributed by atoms with Crippen LogP contribution >= 0.6 is 0 Å². The van der Waals surface area contributed by atoms with E-state index in [9.17, 15) is 13.6 Å². The van der Waals surface area contributed by atoms with E-state index in [4.69, 9.17) is 0 Å². The Morgan fingerprint density at radius 3 is 2.58 bits per heavy atom. The van der Waals surface area contributed by atoms with Crippen molar-refractivity contribution in [2.45, 2.75) is 25.9 Å². The molecule has 0 saturated heterocycles. The fourth-order valence-electron chi connectivity index (χ4n) is 4.41. The smallest absolute Gasteiger partial charge is 0.318 e. The Hall–Kier alpha value is -3.93. The van der Waals surface area contributed by atoms with Crippen LogP contribution in [0.4, 0.5) is 19.3 Å². The molecule has 2 heterocycles. The van der Waals surface area contributed by atoms with Crippen molar-refractivity contribution in [3.8, 4) is 5.69 Å². The van der Waals surface area contributed by atoms with Crippen LogP contribution in [-0.2, 0) is 13.0 Å². The molecule has 6 heteroatoms. The van der Waals surface area contributed by atoms with E-state index in [2.05, 4.69) is 28.9 Å². The summed E-state index contributed by atoms with van der Waals surface area (Å²) in [4.78, 5) is 15.2. The molecule has 4 aromatic rings. The van der Waals surface area contributed by atoms with Gasteiger partial charge in [0.2, 0.25) is 0 Å². The first-order chi connectivity index (χ1) is 16.0. The molecule has 1 N–H and O–H groups in total. The summed E-state index contributed by atoms with van der Waals surface area (Å²) in [6.07, 6.45) is 2.89. The SMILES string of the molecule is CCc1ccc([C@@H]2c3cccn3-c3ccccc3CN2C(=O)Nc2cc(F)ccc2F)cc1. The fourth-order valence-corrected chi connectivity index (χ4v) is 4.41. The van der Waals surface area contributed by atoms with Crippen molar-refractivity contribution in [1.82, 2.24) is 9.47 Å². The van der Waals surface area contributed by atoms with E-state index in [0.29, 0.717) is 6.54 Å². The molecule has 0 spiro atoms. The van der Waals surface area contributed by atoms with Gasteiger partial charge in [-0.15, -0.1) is 0 Å². The van der Waals surface area contributed by atoms with Crippen LogP contribution in [0.3, 0.4) is 0 Å². The second-order valence-electron chi connectivity index (χ2n) is 8.11. The standard InChI is InChI=1S/C27H23F2N3O/c1-2-18-9-11-19(12-10-18)26-25-8-5-15-31(25)24-7-4-3-6-20(24)17-32(26)27(33)30-23-16-21(28)13-14-22(23)29/h3-16,26H,2,17H2,1H3,(H,30,33)/t26-/m1/s1. The minimum absolute atomic E-state index is 0.187. The summed E-state index contributed by atoms with van der Waals surface area (Å²) in [5, 5.41) is 2.59. The van der Waals surface area contributed by atoms with E-state index in [1.807, 2.05) is 54.7 Å². The molecule has 3 aromatic carbocycles. The zero-order valence-corrected chi connectivity index (χ0v) is 18.1.